The van der Waals surface area contributed by atoms with E-state index in [1.165, 1.54) is 17.3 Å². The molecule has 6 nitrogen and oxygen atoms in total. The molecular formula is C21H20N4O2S. The molecule has 0 saturated heterocycles. The first-order valence-electron chi connectivity index (χ1n) is 9.12. The van der Waals surface area contributed by atoms with Crippen LogP contribution in [0.2, 0.25) is 0 Å². The average Bonchev–Trinajstić information content (AvgIpc) is 3.39. The molecule has 2 atom stereocenters. The normalized spacial score (nSPS) is 13.4. The fourth-order valence-electron chi connectivity index (χ4n) is 2.84. The summed E-state index contributed by atoms with van der Waals surface area (Å²) < 4.78 is 11.2. The fourth-order valence-corrected chi connectivity index (χ4v) is 3.57. The molecule has 0 radical (unpaired) electrons. The van der Waals surface area contributed by atoms with E-state index in [0.29, 0.717) is 35.2 Å². The Bertz CT molecular complexity index is 1020. The molecule has 4 aromatic rings. The first kappa shape index (κ1) is 18.4. The van der Waals surface area contributed by atoms with E-state index in [1.807, 2.05) is 55.5 Å². The molecule has 0 aliphatic heterocycles. The molecule has 0 aliphatic rings. The maximum absolute atomic E-state index is 5.81. The van der Waals surface area contributed by atoms with E-state index in [2.05, 4.69) is 39.4 Å². The zero-order valence-corrected chi connectivity index (χ0v) is 16.5. The van der Waals surface area contributed by atoms with Crippen molar-refractivity contribution in [3.8, 4) is 11.4 Å². The molecule has 28 heavy (non-hydrogen) atoms. The van der Waals surface area contributed by atoms with Gasteiger partial charge in [-0.3, -0.25) is 0 Å². The van der Waals surface area contributed by atoms with Gasteiger partial charge in [0.05, 0.1) is 5.25 Å². The maximum atomic E-state index is 5.81. The highest BCUT2D eigenvalue weighted by molar-refractivity contribution is 7.99. The van der Waals surface area contributed by atoms with Gasteiger partial charge in [0.2, 0.25) is 17.6 Å². The van der Waals surface area contributed by atoms with Crippen molar-refractivity contribution in [2.45, 2.75) is 36.7 Å². The molecule has 2 unspecified atom stereocenters. The van der Waals surface area contributed by atoms with Crippen molar-refractivity contribution in [2.24, 2.45) is 0 Å². The van der Waals surface area contributed by atoms with Crippen LogP contribution < -0.4 is 0 Å². The van der Waals surface area contributed by atoms with Crippen LogP contribution in [0.5, 0.6) is 0 Å². The van der Waals surface area contributed by atoms with E-state index in [0.717, 1.165) is 5.56 Å². The molecule has 0 N–H and O–H groups in total. The Morgan fingerprint density at radius 2 is 1.64 bits per heavy atom. The summed E-state index contributed by atoms with van der Waals surface area (Å²) in [5, 5.41) is 12.8. The molecule has 7 heteroatoms. The first-order chi connectivity index (χ1) is 13.7. The lowest BCUT2D eigenvalue weighted by Crippen LogP contribution is -1.98. The first-order valence-corrected chi connectivity index (χ1v) is 10.00. The molecule has 4 rings (SSSR count). The van der Waals surface area contributed by atoms with Crippen LogP contribution in [-0.4, -0.2) is 20.3 Å². The van der Waals surface area contributed by atoms with Gasteiger partial charge >= 0.3 is 0 Å². The lowest BCUT2D eigenvalue weighted by molar-refractivity contribution is 0.377. The third-order valence-corrected chi connectivity index (χ3v) is 5.32. The largest absolute Gasteiger partial charge is 0.416 e. The Balaban J connectivity index is 1.39. The molecule has 2 aromatic carbocycles. The van der Waals surface area contributed by atoms with E-state index >= 15 is 0 Å². The van der Waals surface area contributed by atoms with Crippen molar-refractivity contribution in [3.63, 3.8) is 0 Å². The van der Waals surface area contributed by atoms with E-state index in [4.69, 9.17) is 8.94 Å². The second-order valence-corrected chi connectivity index (χ2v) is 7.85. The molecule has 0 amide bonds. The number of aromatic nitrogens is 4. The molecule has 0 aliphatic carbocycles. The van der Waals surface area contributed by atoms with Gasteiger partial charge in [0.15, 0.2) is 0 Å². The standard InChI is InChI=1S/C21H20N4O2S/c1-14(16-9-5-3-6-10-16)13-18-23-24-21(26-18)28-15(2)20-22-19(25-27-20)17-11-7-4-8-12-17/h3-12,14-15H,13H2,1-2H3. The lowest BCUT2D eigenvalue weighted by Gasteiger charge is -2.08. The zero-order valence-electron chi connectivity index (χ0n) is 15.6. The summed E-state index contributed by atoms with van der Waals surface area (Å²) in [5.41, 5.74) is 2.17. The van der Waals surface area contributed by atoms with Gasteiger partial charge in [-0.15, -0.1) is 10.2 Å². The van der Waals surface area contributed by atoms with Crippen molar-refractivity contribution in [3.05, 3.63) is 78.0 Å². The van der Waals surface area contributed by atoms with Crippen LogP contribution in [0.3, 0.4) is 0 Å². The van der Waals surface area contributed by atoms with Crippen LogP contribution in [0.4, 0.5) is 0 Å². The molecule has 0 saturated carbocycles. The van der Waals surface area contributed by atoms with Crippen molar-refractivity contribution in [2.75, 3.05) is 0 Å². The van der Waals surface area contributed by atoms with Crippen LogP contribution >= 0.6 is 11.8 Å². The molecule has 0 bridgehead atoms. The highest BCUT2D eigenvalue weighted by Gasteiger charge is 2.20. The number of hydrogen-bond acceptors (Lipinski definition) is 7. The van der Waals surface area contributed by atoms with Gasteiger partial charge in [0, 0.05) is 12.0 Å². The Labute approximate surface area is 167 Å². The lowest BCUT2D eigenvalue weighted by atomic mass is 9.98. The Morgan fingerprint density at radius 1 is 0.929 bits per heavy atom. The van der Waals surface area contributed by atoms with E-state index in [1.54, 1.807) is 0 Å². The summed E-state index contributed by atoms with van der Waals surface area (Å²) in [4.78, 5) is 4.48. The number of rotatable bonds is 7. The summed E-state index contributed by atoms with van der Waals surface area (Å²) in [6, 6.07) is 20.1. The molecule has 142 valence electrons. The van der Waals surface area contributed by atoms with Crippen LogP contribution in [0.25, 0.3) is 11.4 Å². The van der Waals surface area contributed by atoms with E-state index in [9.17, 15) is 0 Å². The SMILES string of the molecule is CC(Cc1nnc(SC(C)c2nc(-c3ccccc3)no2)o1)c1ccccc1. The summed E-state index contributed by atoms with van der Waals surface area (Å²) in [5.74, 6) is 2.04. The summed E-state index contributed by atoms with van der Waals surface area (Å²) in [6.45, 7) is 4.13. The average molecular weight is 392 g/mol. The van der Waals surface area contributed by atoms with Crippen LogP contribution in [0.1, 0.15) is 42.4 Å². The fraction of sp³-hybridized carbons (Fsp3) is 0.238. The summed E-state index contributed by atoms with van der Waals surface area (Å²) in [6.07, 6.45) is 0.699. The van der Waals surface area contributed by atoms with E-state index in [-0.39, 0.29) is 5.25 Å². The molecular weight excluding hydrogens is 372 g/mol. The van der Waals surface area contributed by atoms with E-state index < -0.39 is 0 Å². The van der Waals surface area contributed by atoms with Gasteiger partial charge in [-0.25, -0.2) is 0 Å². The van der Waals surface area contributed by atoms with Gasteiger partial charge < -0.3 is 8.94 Å². The smallest absolute Gasteiger partial charge is 0.277 e. The van der Waals surface area contributed by atoms with Crippen LogP contribution in [-0.2, 0) is 6.42 Å². The monoisotopic (exact) mass is 392 g/mol. The van der Waals surface area contributed by atoms with Gasteiger partial charge in [0.25, 0.3) is 5.22 Å². The Hall–Kier alpha value is -2.93. The topological polar surface area (TPSA) is 77.8 Å². The molecule has 2 aromatic heterocycles. The van der Waals surface area contributed by atoms with Crippen LogP contribution in [0.15, 0.2) is 74.8 Å². The van der Waals surface area contributed by atoms with Gasteiger partial charge in [-0.2, -0.15) is 4.98 Å². The third-order valence-electron chi connectivity index (χ3n) is 4.40. The molecule has 0 fully saturated rings. The van der Waals surface area contributed by atoms with Crippen molar-refractivity contribution >= 4 is 11.8 Å². The van der Waals surface area contributed by atoms with Crippen molar-refractivity contribution in [1.82, 2.24) is 20.3 Å². The number of thioether (sulfide) groups is 1. The molecule has 2 heterocycles. The quantitative estimate of drug-likeness (QED) is 0.394. The van der Waals surface area contributed by atoms with Gasteiger partial charge in [0.1, 0.15) is 0 Å². The summed E-state index contributed by atoms with van der Waals surface area (Å²) >= 11 is 1.41. The second kappa shape index (κ2) is 8.39. The number of hydrogen-bond donors (Lipinski definition) is 0. The predicted octanol–water partition coefficient (Wildman–Crippen LogP) is 5.32. The molecule has 0 spiro atoms. The number of benzene rings is 2. The Kier molecular flexibility index (Phi) is 5.53. The van der Waals surface area contributed by atoms with Crippen molar-refractivity contribution in [1.29, 1.82) is 0 Å². The van der Waals surface area contributed by atoms with Gasteiger partial charge in [-0.05, 0) is 18.4 Å². The van der Waals surface area contributed by atoms with Crippen molar-refractivity contribution < 1.29 is 8.94 Å². The second-order valence-electron chi connectivity index (χ2n) is 6.56. The number of nitrogens with zero attached hydrogens (tertiary/aromatic N) is 4. The highest BCUT2D eigenvalue weighted by Crippen LogP contribution is 2.34. The minimum Gasteiger partial charge on any atom is -0.416 e. The minimum absolute atomic E-state index is 0.0928. The van der Waals surface area contributed by atoms with Crippen LogP contribution in [0, 0.1) is 0 Å². The highest BCUT2D eigenvalue weighted by atomic mass is 32.2. The maximum Gasteiger partial charge on any atom is 0.277 e. The minimum atomic E-state index is -0.0928. The third kappa shape index (κ3) is 4.31. The summed E-state index contributed by atoms with van der Waals surface area (Å²) in [7, 11) is 0. The zero-order chi connectivity index (χ0) is 19.3. The van der Waals surface area contributed by atoms with Gasteiger partial charge in [-0.1, -0.05) is 84.5 Å². The Morgan fingerprint density at radius 3 is 2.39 bits per heavy atom. The predicted molar refractivity (Wildman–Crippen MR) is 107 cm³/mol.